The van der Waals surface area contributed by atoms with Crippen LogP contribution < -0.4 is 9.64 Å². The average molecular weight is 534 g/mol. The molecule has 3 heterocycles. The van der Waals surface area contributed by atoms with Crippen LogP contribution in [0.3, 0.4) is 0 Å². The number of alkyl halides is 2. The number of aryl methyl sites for hydroxylation is 1. The molecule has 1 N–H and O–H groups in total. The number of ether oxygens (including phenoxy) is 2. The normalized spacial score (nSPS) is 16.8. The van der Waals surface area contributed by atoms with Gasteiger partial charge < -0.3 is 19.5 Å². The lowest BCUT2D eigenvalue weighted by molar-refractivity contribution is -0.160. The van der Waals surface area contributed by atoms with Crippen molar-refractivity contribution in [3.63, 3.8) is 0 Å². The highest BCUT2D eigenvalue weighted by Crippen LogP contribution is 2.44. The molecular formula is C29H41F2N3O4. The number of rotatable bonds is 10. The van der Waals surface area contributed by atoms with Crippen molar-refractivity contribution in [1.29, 1.82) is 0 Å². The van der Waals surface area contributed by atoms with Gasteiger partial charge >= 0.3 is 5.97 Å². The van der Waals surface area contributed by atoms with Gasteiger partial charge in [0, 0.05) is 42.5 Å². The second kappa shape index (κ2) is 11.5. The molecule has 1 atom stereocenters. The summed E-state index contributed by atoms with van der Waals surface area (Å²) in [5, 5.41) is 10.2. The summed E-state index contributed by atoms with van der Waals surface area (Å²) < 4.78 is 38.6. The summed E-state index contributed by atoms with van der Waals surface area (Å²) in [5.41, 5.74) is 2.56. The van der Waals surface area contributed by atoms with Crippen molar-refractivity contribution >= 4 is 11.7 Å². The van der Waals surface area contributed by atoms with E-state index in [0.29, 0.717) is 22.5 Å². The number of anilines is 1. The van der Waals surface area contributed by atoms with Crippen LogP contribution in [0.5, 0.6) is 5.75 Å². The molecule has 0 aliphatic carbocycles. The Balaban J connectivity index is 2.09. The fraction of sp³-hybridized carbons (Fsp3) is 0.621. The van der Waals surface area contributed by atoms with Gasteiger partial charge in [-0.3, -0.25) is 9.97 Å². The molecule has 2 aromatic rings. The summed E-state index contributed by atoms with van der Waals surface area (Å²) in [7, 11) is 0. The van der Waals surface area contributed by atoms with Gasteiger partial charge in [0.1, 0.15) is 5.75 Å². The number of piperidine rings is 1. The monoisotopic (exact) mass is 533 g/mol. The molecule has 0 bridgehead atoms. The van der Waals surface area contributed by atoms with Crippen LogP contribution in [0.25, 0.3) is 11.3 Å². The maximum atomic E-state index is 13.6. The minimum absolute atomic E-state index is 0.227. The van der Waals surface area contributed by atoms with Crippen molar-refractivity contribution < 1.29 is 28.2 Å². The predicted molar refractivity (Wildman–Crippen MR) is 144 cm³/mol. The fourth-order valence-corrected chi connectivity index (χ4v) is 4.58. The third-order valence-electron chi connectivity index (χ3n) is 7.37. The molecule has 7 nitrogen and oxygen atoms in total. The Morgan fingerprint density at radius 1 is 1.16 bits per heavy atom. The molecule has 210 valence electrons. The number of aromatic nitrogens is 2. The topological polar surface area (TPSA) is 84.8 Å². The number of aliphatic carboxylic acids is 1. The van der Waals surface area contributed by atoms with Gasteiger partial charge in [-0.15, -0.1) is 0 Å². The number of hydrogen-bond donors (Lipinski definition) is 1. The number of hydrogen-bond acceptors (Lipinski definition) is 6. The van der Waals surface area contributed by atoms with E-state index in [9.17, 15) is 18.7 Å². The van der Waals surface area contributed by atoms with Gasteiger partial charge in [0.25, 0.3) is 5.92 Å². The molecule has 38 heavy (non-hydrogen) atoms. The molecule has 0 aromatic carbocycles. The first-order valence-electron chi connectivity index (χ1n) is 13.3. The van der Waals surface area contributed by atoms with Gasteiger partial charge in [-0.25, -0.2) is 13.6 Å². The first kappa shape index (κ1) is 29.7. The Morgan fingerprint density at radius 3 is 2.32 bits per heavy atom. The van der Waals surface area contributed by atoms with Crippen LogP contribution in [0.2, 0.25) is 0 Å². The third kappa shape index (κ3) is 7.18. The second-order valence-electron chi connectivity index (χ2n) is 11.5. The van der Waals surface area contributed by atoms with Crippen LogP contribution in [-0.2, 0) is 9.53 Å². The van der Waals surface area contributed by atoms with Gasteiger partial charge in [0.05, 0.1) is 23.2 Å². The summed E-state index contributed by atoms with van der Waals surface area (Å²) in [5.74, 6) is -3.77. The smallest absolute Gasteiger partial charge is 0.337 e. The lowest BCUT2D eigenvalue weighted by Gasteiger charge is -2.42. The molecule has 0 spiro atoms. The molecule has 2 aromatic heterocycles. The molecule has 0 amide bonds. The summed E-state index contributed by atoms with van der Waals surface area (Å²) in [4.78, 5) is 23.8. The van der Waals surface area contributed by atoms with Gasteiger partial charge in [-0.2, -0.15) is 0 Å². The predicted octanol–water partition coefficient (Wildman–Crippen LogP) is 6.83. The quantitative estimate of drug-likeness (QED) is 0.358. The summed E-state index contributed by atoms with van der Waals surface area (Å²) in [6.45, 7) is 13.9. The number of pyridine rings is 2. The van der Waals surface area contributed by atoms with Crippen molar-refractivity contribution in [2.45, 2.75) is 91.8 Å². The third-order valence-corrected chi connectivity index (χ3v) is 7.37. The van der Waals surface area contributed by atoms with Crippen molar-refractivity contribution in [3.05, 3.63) is 35.8 Å². The maximum Gasteiger partial charge on any atom is 0.337 e. The summed E-state index contributed by atoms with van der Waals surface area (Å²) >= 11 is 0. The van der Waals surface area contributed by atoms with Crippen LogP contribution in [-0.4, -0.2) is 52.3 Å². The minimum Gasteiger partial charge on any atom is -0.486 e. The van der Waals surface area contributed by atoms with Gasteiger partial charge in [-0.1, -0.05) is 27.2 Å². The molecule has 1 aliphatic rings. The number of carbonyl (C=O) groups is 1. The Labute approximate surface area is 224 Å². The van der Waals surface area contributed by atoms with Crippen molar-refractivity contribution in [3.8, 4) is 17.0 Å². The highest BCUT2D eigenvalue weighted by molar-refractivity contribution is 5.85. The lowest BCUT2D eigenvalue weighted by Crippen LogP contribution is -2.40. The molecular weight excluding hydrogens is 492 g/mol. The lowest BCUT2D eigenvalue weighted by atomic mass is 9.78. The highest BCUT2D eigenvalue weighted by atomic mass is 19.3. The van der Waals surface area contributed by atoms with Crippen LogP contribution in [0.1, 0.15) is 84.6 Å². The zero-order valence-corrected chi connectivity index (χ0v) is 23.6. The summed E-state index contributed by atoms with van der Waals surface area (Å²) in [6, 6.07) is 3.29. The first-order chi connectivity index (χ1) is 17.7. The van der Waals surface area contributed by atoms with Crippen LogP contribution in [0, 0.1) is 12.3 Å². The molecule has 1 saturated heterocycles. The molecule has 0 unspecified atom stereocenters. The molecule has 0 radical (unpaired) electrons. The number of carboxylic acids is 1. The molecule has 9 heteroatoms. The van der Waals surface area contributed by atoms with E-state index in [2.05, 4.69) is 28.7 Å². The van der Waals surface area contributed by atoms with Crippen molar-refractivity contribution in [2.75, 3.05) is 24.6 Å². The molecule has 1 fully saturated rings. The van der Waals surface area contributed by atoms with Gasteiger partial charge in [0.15, 0.2) is 12.7 Å². The number of nitrogens with zero attached hydrogens (tertiary/aromatic N) is 3. The van der Waals surface area contributed by atoms with E-state index in [-0.39, 0.29) is 17.6 Å². The van der Waals surface area contributed by atoms with E-state index in [4.69, 9.17) is 9.47 Å². The van der Waals surface area contributed by atoms with Gasteiger partial charge in [-0.05, 0) is 58.1 Å². The fourth-order valence-electron chi connectivity index (χ4n) is 4.58. The first-order valence-corrected chi connectivity index (χ1v) is 13.3. The zero-order valence-electron chi connectivity index (χ0n) is 23.6. The average Bonchev–Trinajstić information content (AvgIpc) is 2.86. The van der Waals surface area contributed by atoms with E-state index in [1.807, 2.05) is 20.8 Å². The number of halogens is 2. The largest absolute Gasteiger partial charge is 0.486 e. The van der Waals surface area contributed by atoms with Crippen molar-refractivity contribution in [1.82, 2.24) is 9.97 Å². The van der Waals surface area contributed by atoms with E-state index in [1.54, 1.807) is 25.3 Å². The van der Waals surface area contributed by atoms with Gasteiger partial charge in [0.2, 0.25) is 0 Å². The van der Waals surface area contributed by atoms with Crippen LogP contribution in [0.4, 0.5) is 14.5 Å². The Hall–Kier alpha value is -2.81. The van der Waals surface area contributed by atoms with E-state index >= 15 is 0 Å². The minimum atomic E-state index is -2.91. The molecule has 1 aliphatic heterocycles. The van der Waals surface area contributed by atoms with E-state index < -0.39 is 30.2 Å². The van der Waals surface area contributed by atoms with Crippen LogP contribution in [0.15, 0.2) is 24.5 Å². The van der Waals surface area contributed by atoms with Crippen molar-refractivity contribution in [2.24, 2.45) is 5.41 Å². The second-order valence-corrected chi connectivity index (χ2v) is 11.5. The molecule has 0 saturated carbocycles. The van der Waals surface area contributed by atoms with E-state index in [1.165, 1.54) is 13.1 Å². The Morgan fingerprint density at radius 2 is 1.82 bits per heavy atom. The standard InChI is InChI=1S/C29H41F2N3O4/c1-8-28(7)12-14-34(15-13-28)24-21(22-11-10-20(16-33-22)37-18-29(30,31)9-2)17-32-19(3)23(24)25(26(35)36)38-27(4,5)6/h10-11,16-17,25H,8-9,12-15,18H2,1-7H3,(H,35,36)/t25-/m0/s1. The SMILES string of the molecule is CCC(F)(F)COc1ccc(-c2cnc(C)c([C@H](OC(C)(C)C)C(=O)O)c2N2CCC(C)(CC)CC2)nc1. The Kier molecular flexibility index (Phi) is 9.01. The number of carboxylic acid groups (broad SMARTS) is 1. The molecule has 3 rings (SSSR count). The zero-order chi connectivity index (χ0) is 28.3. The van der Waals surface area contributed by atoms with Crippen LogP contribution >= 0.6 is 0 Å². The summed E-state index contributed by atoms with van der Waals surface area (Å²) in [6.07, 6.45) is 4.58. The highest BCUT2D eigenvalue weighted by Gasteiger charge is 2.36. The Bertz CT molecular complexity index is 1110. The van der Waals surface area contributed by atoms with E-state index in [0.717, 1.165) is 38.0 Å². The maximum absolute atomic E-state index is 13.6.